The van der Waals surface area contributed by atoms with Crippen LogP contribution in [0.5, 0.6) is 0 Å². The third-order valence-corrected chi connectivity index (χ3v) is 5.91. The summed E-state index contributed by atoms with van der Waals surface area (Å²) in [5, 5.41) is 6.89. The summed E-state index contributed by atoms with van der Waals surface area (Å²) in [6.45, 7) is 4.30. The molecule has 0 bridgehead atoms. The third-order valence-electron chi connectivity index (χ3n) is 5.60. The summed E-state index contributed by atoms with van der Waals surface area (Å²) in [6.07, 6.45) is 2.65. The average Bonchev–Trinajstić information content (AvgIpc) is 3.14. The van der Waals surface area contributed by atoms with Crippen molar-refractivity contribution < 1.29 is 18.5 Å². The summed E-state index contributed by atoms with van der Waals surface area (Å²) in [6, 6.07) is 7.94. The van der Waals surface area contributed by atoms with Crippen LogP contribution in [0.2, 0.25) is 5.02 Å². The number of piperidine rings is 1. The molecular formula is C23H22ClFN4O3. The van der Waals surface area contributed by atoms with E-state index in [-0.39, 0.29) is 45.3 Å². The Balaban J connectivity index is 1.47. The van der Waals surface area contributed by atoms with Gasteiger partial charge in [0.2, 0.25) is 5.91 Å². The van der Waals surface area contributed by atoms with Gasteiger partial charge in [-0.15, -0.1) is 0 Å². The molecule has 1 aliphatic rings. The first-order chi connectivity index (χ1) is 15.3. The number of amides is 2. The first-order valence-corrected chi connectivity index (χ1v) is 10.7. The Morgan fingerprint density at radius 3 is 2.66 bits per heavy atom. The van der Waals surface area contributed by atoms with Crippen molar-refractivity contribution in [3.8, 4) is 11.3 Å². The van der Waals surface area contributed by atoms with Gasteiger partial charge in [0.15, 0.2) is 0 Å². The number of likely N-dealkylation sites (tertiary alicyclic amines) is 1. The van der Waals surface area contributed by atoms with Gasteiger partial charge in [-0.1, -0.05) is 22.8 Å². The normalized spacial score (nSPS) is 14.4. The zero-order valence-corrected chi connectivity index (χ0v) is 18.4. The van der Waals surface area contributed by atoms with Gasteiger partial charge in [0.05, 0.1) is 10.6 Å². The second-order valence-electron chi connectivity index (χ2n) is 7.83. The lowest BCUT2D eigenvalue weighted by atomic mass is 9.95. The number of anilines is 1. The summed E-state index contributed by atoms with van der Waals surface area (Å²) in [4.78, 5) is 31.7. The summed E-state index contributed by atoms with van der Waals surface area (Å²) in [7, 11) is 0. The molecule has 4 rings (SSSR count). The Kier molecular flexibility index (Phi) is 6.23. The van der Waals surface area contributed by atoms with Gasteiger partial charge in [-0.2, -0.15) is 0 Å². The molecule has 32 heavy (non-hydrogen) atoms. The molecule has 2 aromatic heterocycles. The zero-order chi connectivity index (χ0) is 22.8. The van der Waals surface area contributed by atoms with E-state index in [0.29, 0.717) is 31.7 Å². The SMILES string of the molecule is Cc1ccnc(NC(=O)C2CCN(C(=O)c3c(-c4c(F)cccc4Cl)noc3C)CC2)c1. The number of nitrogens with one attached hydrogen (secondary N) is 1. The van der Waals surface area contributed by atoms with E-state index >= 15 is 0 Å². The molecule has 0 aliphatic carbocycles. The first kappa shape index (κ1) is 22.0. The Morgan fingerprint density at radius 2 is 1.97 bits per heavy atom. The maximum Gasteiger partial charge on any atom is 0.259 e. The van der Waals surface area contributed by atoms with Crippen molar-refractivity contribution in [2.75, 3.05) is 18.4 Å². The smallest absolute Gasteiger partial charge is 0.259 e. The van der Waals surface area contributed by atoms with E-state index in [4.69, 9.17) is 16.1 Å². The van der Waals surface area contributed by atoms with Crippen LogP contribution in [0.1, 0.15) is 34.5 Å². The number of aromatic nitrogens is 2. The number of benzene rings is 1. The summed E-state index contributed by atoms with van der Waals surface area (Å²) < 4.78 is 19.6. The lowest BCUT2D eigenvalue weighted by Gasteiger charge is -2.31. The van der Waals surface area contributed by atoms with Crippen molar-refractivity contribution >= 4 is 29.2 Å². The summed E-state index contributed by atoms with van der Waals surface area (Å²) in [5.74, 6) is -0.451. The molecule has 1 saturated heterocycles. The highest BCUT2D eigenvalue weighted by atomic mass is 35.5. The monoisotopic (exact) mass is 456 g/mol. The zero-order valence-electron chi connectivity index (χ0n) is 17.7. The van der Waals surface area contributed by atoms with Gasteiger partial charge in [-0.05, 0) is 56.5 Å². The fourth-order valence-corrected chi connectivity index (χ4v) is 4.11. The van der Waals surface area contributed by atoms with Crippen molar-refractivity contribution in [3.05, 3.63) is 64.3 Å². The highest BCUT2D eigenvalue weighted by Gasteiger charge is 2.32. The fraction of sp³-hybridized carbons (Fsp3) is 0.304. The number of halogens is 2. The van der Waals surface area contributed by atoms with Crippen molar-refractivity contribution in [2.45, 2.75) is 26.7 Å². The fourth-order valence-electron chi connectivity index (χ4n) is 3.85. The van der Waals surface area contributed by atoms with Crippen LogP contribution in [0.3, 0.4) is 0 Å². The molecule has 0 radical (unpaired) electrons. The van der Waals surface area contributed by atoms with E-state index in [2.05, 4.69) is 15.5 Å². The minimum Gasteiger partial charge on any atom is -0.360 e. The van der Waals surface area contributed by atoms with Crippen LogP contribution in [0, 0.1) is 25.6 Å². The van der Waals surface area contributed by atoms with Crippen molar-refractivity contribution in [1.82, 2.24) is 15.0 Å². The lowest BCUT2D eigenvalue weighted by Crippen LogP contribution is -2.41. The highest BCUT2D eigenvalue weighted by Crippen LogP contribution is 2.34. The van der Waals surface area contributed by atoms with E-state index in [1.807, 2.05) is 13.0 Å². The molecule has 1 N–H and O–H groups in total. The molecule has 1 aliphatic heterocycles. The molecule has 0 saturated carbocycles. The average molecular weight is 457 g/mol. The van der Waals surface area contributed by atoms with Crippen LogP contribution in [-0.4, -0.2) is 39.9 Å². The maximum atomic E-state index is 14.4. The van der Waals surface area contributed by atoms with Crippen molar-refractivity contribution in [3.63, 3.8) is 0 Å². The van der Waals surface area contributed by atoms with Crippen LogP contribution < -0.4 is 5.32 Å². The van der Waals surface area contributed by atoms with E-state index in [1.165, 1.54) is 18.2 Å². The number of hydrogen-bond donors (Lipinski definition) is 1. The van der Waals surface area contributed by atoms with Gasteiger partial charge in [0.25, 0.3) is 5.91 Å². The lowest BCUT2D eigenvalue weighted by molar-refractivity contribution is -0.121. The van der Waals surface area contributed by atoms with Gasteiger partial charge in [0.1, 0.15) is 28.7 Å². The van der Waals surface area contributed by atoms with Gasteiger partial charge in [-0.25, -0.2) is 9.37 Å². The van der Waals surface area contributed by atoms with Crippen LogP contribution in [0.15, 0.2) is 41.1 Å². The van der Waals surface area contributed by atoms with E-state index < -0.39 is 5.82 Å². The first-order valence-electron chi connectivity index (χ1n) is 10.3. The Labute approximate surface area is 189 Å². The van der Waals surface area contributed by atoms with Gasteiger partial charge < -0.3 is 14.7 Å². The topological polar surface area (TPSA) is 88.3 Å². The standard InChI is InChI=1S/C23H22ClFN4O3/c1-13-6-9-26-18(12-13)27-22(30)15-7-10-29(11-8-15)23(31)19-14(2)32-28-21(19)20-16(24)4-3-5-17(20)25/h3-6,9,12,15H,7-8,10-11H2,1-2H3,(H,26,27,30). The predicted molar refractivity (Wildman–Crippen MR) is 118 cm³/mol. The second kappa shape index (κ2) is 9.08. The van der Waals surface area contributed by atoms with Gasteiger partial charge in [0, 0.05) is 25.2 Å². The molecule has 0 spiro atoms. The van der Waals surface area contributed by atoms with Crippen LogP contribution in [0.4, 0.5) is 10.2 Å². The number of nitrogens with zero attached hydrogens (tertiary/aromatic N) is 3. The molecule has 1 fully saturated rings. The van der Waals surface area contributed by atoms with Crippen molar-refractivity contribution in [1.29, 1.82) is 0 Å². The minimum absolute atomic E-state index is 0.0364. The van der Waals surface area contributed by atoms with Crippen LogP contribution in [-0.2, 0) is 4.79 Å². The maximum absolute atomic E-state index is 14.4. The second-order valence-corrected chi connectivity index (χ2v) is 8.24. The molecule has 3 heterocycles. The minimum atomic E-state index is -0.583. The number of carbonyl (C=O) groups is 2. The molecule has 9 heteroatoms. The van der Waals surface area contributed by atoms with Gasteiger partial charge >= 0.3 is 0 Å². The summed E-state index contributed by atoms with van der Waals surface area (Å²) >= 11 is 6.17. The number of aryl methyl sites for hydroxylation is 2. The molecule has 7 nitrogen and oxygen atoms in total. The van der Waals surface area contributed by atoms with Gasteiger partial charge in [-0.3, -0.25) is 9.59 Å². The molecule has 0 atom stereocenters. The Bertz CT molecular complexity index is 1150. The van der Waals surface area contributed by atoms with E-state index in [0.717, 1.165) is 5.56 Å². The largest absolute Gasteiger partial charge is 0.360 e. The third kappa shape index (κ3) is 4.36. The Morgan fingerprint density at radius 1 is 1.22 bits per heavy atom. The van der Waals surface area contributed by atoms with E-state index in [9.17, 15) is 14.0 Å². The predicted octanol–water partition coefficient (Wildman–Crippen LogP) is 4.64. The quantitative estimate of drug-likeness (QED) is 0.618. The van der Waals surface area contributed by atoms with Crippen molar-refractivity contribution in [2.24, 2.45) is 5.92 Å². The van der Waals surface area contributed by atoms with Crippen LogP contribution in [0.25, 0.3) is 11.3 Å². The molecule has 2 amide bonds. The molecule has 0 unspecified atom stereocenters. The molecule has 1 aromatic carbocycles. The Hall–Kier alpha value is -3.26. The molecular weight excluding hydrogens is 435 g/mol. The molecule has 166 valence electrons. The number of pyridine rings is 1. The number of carbonyl (C=O) groups excluding carboxylic acids is 2. The number of hydrogen-bond acceptors (Lipinski definition) is 5. The molecule has 3 aromatic rings. The van der Waals surface area contributed by atoms with E-state index in [1.54, 1.807) is 24.1 Å². The summed E-state index contributed by atoms with van der Waals surface area (Å²) in [5.41, 5.74) is 1.31. The highest BCUT2D eigenvalue weighted by molar-refractivity contribution is 6.33. The van der Waals surface area contributed by atoms with Crippen LogP contribution >= 0.6 is 11.6 Å². The number of rotatable bonds is 4.